The fraction of sp³-hybridized carbons (Fsp3) is 0.516. The second-order valence-electron chi connectivity index (χ2n) is 11.4. The number of anilines is 1. The van der Waals surface area contributed by atoms with Gasteiger partial charge in [0.15, 0.2) is 0 Å². The Bertz CT molecular complexity index is 1160. The molecule has 2 bridgehead atoms. The van der Waals surface area contributed by atoms with Crippen molar-refractivity contribution in [3.05, 3.63) is 65.7 Å². The first-order valence-electron chi connectivity index (χ1n) is 14.0. The van der Waals surface area contributed by atoms with Gasteiger partial charge in [-0.25, -0.2) is 0 Å². The Balaban J connectivity index is 1.45. The van der Waals surface area contributed by atoms with Crippen molar-refractivity contribution in [1.82, 2.24) is 14.7 Å². The minimum atomic E-state index is -0.168. The van der Waals surface area contributed by atoms with Crippen LogP contribution in [0.4, 0.5) is 5.69 Å². The number of hydrogen-bond acceptors (Lipinski definition) is 4. The molecule has 7 nitrogen and oxygen atoms in total. The summed E-state index contributed by atoms with van der Waals surface area (Å²) in [6, 6.07) is 19.1. The largest absolute Gasteiger partial charge is 0.341 e. The average molecular weight is 517 g/mol. The minimum absolute atomic E-state index is 0.0283. The van der Waals surface area contributed by atoms with Crippen LogP contribution in [0.3, 0.4) is 0 Å². The second-order valence-corrected chi connectivity index (χ2v) is 11.4. The van der Waals surface area contributed by atoms with Gasteiger partial charge in [-0.2, -0.15) is 0 Å². The van der Waals surface area contributed by atoms with E-state index in [0.29, 0.717) is 38.8 Å². The Hall–Kier alpha value is -3.19. The van der Waals surface area contributed by atoms with E-state index >= 15 is 0 Å². The summed E-state index contributed by atoms with van der Waals surface area (Å²) in [4.78, 5) is 47.4. The molecule has 2 aromatic carbocycles. The molecule has 0 aromatic heterocycles. The molecule has 0 N–H and O–H groups in total. The van der Waals surface area contributed by atoms with Crippen molar-refractivity contribution < 1.29 is 14.4 Å². The molecule has 202 valence electrons. The van der Waals surface area contributed by atoms with Gasteiger partial charge in [0.25, 0.3) is 0 Å². The highest BCUT2D eigenvalue weighted by atomic mass is 16.2. The average Bonchev–Trinajstić information content (AvgIpc) is 3.23. The fourth-order valence-corrected chi connectivity index (χ4v) is 6.34. The first-order valence-corrected chi connectivity index (χ1v) is 14.0. The lowest BCUT2D eigenvalue weighted by atomic mass is 9.95. The first-order chi connectivity index (χ1) is 18.3. The van der Waals surface area contributed by atoms with Crippen molar-refractivity contribution in [1.29, 1.82) is 0 Å². The third-order valence-corrected chi connectivity index (χ3v) is 8.47. The number of benzene rings is 2. The van der Waals surface area contributed by atoms with Crippen molar-refractivity contribution in [2.24, 2.45) is 11.8 Å². The molecule has 3 amide bonds. The van der Waals surface area contributed by atoms with Crippen LogP contribution in [0.15, 0.2) is 54.6 Å². The van der Waals surface area contributed by atoms with Gasteiger partial charge >= 0.3 is 0 Å². The molecule has 0 spiro atoms. The van der Waals surface area contributed by atoms with E-state index in [2.05, 4.69) is 29.2 Å². The Kier molecular flexibility index (Phi) is 7.84. The highest BCUT2D eigenvalue weighted by Crippen LogP contribution is 2.33. The second kappa shape index (κ2) is 11.3. The zero-order valence-electron chi connectivity index (χ0n) is 22.9. The predicted octanol–water partition coefficient (Wildman–Crippen LogP) is 3.92. The minimum Gasteiger partial charge on any atom is -0.341 e. The van der Waals surface area contributed by atoms with Gasteiger partial charge < -0.3 is 14.7 Å². The maximum absolute atomic E-state index is 13.9. The lowest BCUT2D eigenvalue weighted by Crippen LogP contribution is -2.58. The van der Waals surface area contributed by atoms with Crippen LogP contribution in [0, 0.1) is 11.8 Å². The highest BCUT2D eigenvalue weighted by Gasteiger charge is 2.41. The molecule has 38 heavy (non-hydrogen) atoms. The molecule has 5 rings (SSSR count). The van der Waals surface area contributed by atoms with E-state index in [1.807, 2.05) is 54.0 Å². The van der Waals surface area contributed by atoms with Gasteiger partial charge in [-0.05, 0) is 36.5 Å². The predicted molar refractivity (Wildman–Crippen MR) is 148 cm³/mol. The van der Waals surface area contributed by atoms with Gasteiger partial charge in [0, 0.05) is 69.9 Å². The number of carbonyl (C=O) groups is 3. The van der Waals surface area contributed by atoms with Crippen LogP contribution in [0.2, 0.25) is 0 Å². The summed E-state index contributed by atoms with van der Waals surface area (Å²) >= 11 is 0. The summed E-state index contributed by atoms with van der Waals surface area (Å²) < 4.78 is 0. The van der Waals surface area contributed by atoms with Crippen molar-refractivity contribution in [2.75, 3.05) is 31.1 Å². The smallest absolute Gasteiger partial charge is 0.229 e. The number of fused-ring (bicyclic) bond motifs is 3. The molecule has 0 saturated carbocycles. The molecular formula is C31H40N4O3. The van der Waals surface area contributed by atoms with E-state index in [0.717, 1.165) is 37.1 Å². The summed E-state index contributed by atoms with van der Waals surface area (Å²) in [7, 11) is 0. The summed E-state index contributed by atoms with van der Waals surface area (Å²) in [6.45, 7) is 9.06. The summed E-state index contributed by atoms with van der Waals surface area (Å²) in [5, 5.41) is 0. The van der Waals surface area contributed by atoms with E-state index in [-0.39, 0.29) is 35.6 Å². The van der Waals surface area contributed by atoms with E-state index < -0.39 is 0 Å². The van der Waals surface area contributed by atoms with Crippen molar-refractivity contribution in [3.8, 4) is 0 Å². The molecule has 0 unspecified atom stereocenters. The highest BCUT2D eigenvalue weighted by molar-refractivity contribution is 5.92. The maximum atomic E-state index is 13.9. The lowest BCUT2D eigenvalue weighted by molar-refractivity contribution is -0.151. The molecule has 2 fully saturated rings. The number of hydrogen-bond donors (Lipinski definition) is 0. The first kappa shape index (κ1) is 26.4. The summed E-state index contributed by atoms with van der Waals surface area (Å²) in [5.74, 6) is 0.0281. The van der Waals surface area contributed by atoms with Crippen LogP contribution >= 0.6 is 0 Å². The molecule has 2 aromatic rings. The zero-order chi connectivity index (χ0) is 26.8. The van der Waals surface area contributed by atoms with E-state index in [9.17, 15) is 14.4 Å². The number of nitrogens with zero attached hydrogens (tertiary/aromatic N) is 4. The van der Waals surface area contributed by atoms with Gasteiger partial charge in [-0.15, -0.1) is 0 Å². The quantitative estimate of drug-likeness (QED) is 0.618. The van der Waals surface area contributed by atoms with E-state index in [1.165, 1.54) is 5.56 Å². The molecule has 3 aliphatic heterocycles. The Morgan fingerprint density at radius 3 is 2.24 bits per heavy atom. The summed E-state index contributed by atoms with van der Waals surface area (Å²) in [6.07, 6.45) is 3.00. The Labute approximate surface area is 226 Å². The van der Waals surface area contributed by atoms with Gasteiger partial charge in [-0.1, -0.05) is 62.4 Å². The van der Waals surface area contributed by atoms with Crippen LogP contribution in [-0.2, 0) is 27.5 Å². The van der Waals surface area contributed by atoms with Gasteiger partial charge in [-0.3, -0.25) is 19.3 Å². The summed E-state index contributed by atoms with van der Waals surface area (Å²) in [5.41, 5.74) is 3.17. The zero-order valence-corrected chi connectivity index (χ0v) is 22.9. The fourth-order valence-electron chi connectivity index (χ4n) is 6.34. The number of para-hydroxylation sites is 1. The van der Waals surface area contributed by atoms with E-state index in [4.69, 9.17) is 0 Å². The van der Waals surface area contributed by atoms with Crippen LogP contribution in [0.5, 0.6) is 0 Å². The van der Waals surface area contributed by atoms with Crippen LogP contribution in [-0.4, -0.2) is 70.7 Å². The number of amides is 3. The van der Waals surface area contributed by atoms with Crippen molar-refractivity contribution in [2.45, 2.75) is 65.2 Å². The molecule has 3 heterocycles. The van der Waals surface area contributed by atoms with Crippen LogP contribution in [0.1, 0.15) is 51.2 Å². The SMILES string of the molecule is CC(=O)N1CC[C@@H]2CC[C@H](CN(C(=O)C3CN(C(=O)C(C)C)C3)Cc3ccccc31)N2Cc1ccccc1. The molecule has 0 aliphatic carbocycles. The number of rotatable bonds is 4. The van der Waals surface area contributed by atoms with Crippen LogP contribution in [0.25, 0.3) is 0 Å². The molecule has 7 heteroatoms. The van der Waals surface area contributed by atoms with Gasteiger partial charge in [0.1, 0.15) is 0 Å². The van der Waals surface area contributed by atoms with Gasteiger partial charge in [0.2, 0.25) is 17.7 Å². The molecule has 0 radical (unpaired) electrons. The van der Waals surface area contributed by atoms with Gasteiger partial charge in [0.05, 0.1) is 5.92 Å². The van der Waals surface area contributed by atoms with Crippen molar-refractivity contribution in [3.63, 3.8) is 0 Å². The molecule has 2 atom stereocenters. The molecule has 2 saturated heterocycles. The number of likely N-dealkylation sites (tertiary alicyclic amines) is 1. The van der Waals surface area contributed by atoms with Crippen molar-refractivity contribution >= 4 is 23.4 Å². The molecule has 3 aliphatic rings. The normalized spacial score (nSPS) is 22.6. The monoisotopic (exact) mass is 516 g/mol. The third-order valence-electron chi connectivity index (χ3n) is 8.47. The standard InChI is InChI=1S/C31H40N4O3/c1-22(2)30(37)32-19-26(20-32)31(38)33-18-25-11-7-8-12-29(25)34(23(3)36)16-15-27-13-14-28(21-33)35(27)17-24-9-5-4-6-10-24/h4-12,22,26-28H,13-21H2,1-3H3/t27-,28+/m0/s1. The Morgan fingerprint density at radius 2 is 1.53 bits per heavy atom. The number of carbonyl (C=O) groups excluding carboxylic acids is 3. The van der Waals surface area contributed by atoms with E-state index in [1.54, 1.807) is 11.8 Å². The lowest BCUT2D eigenvalue weighted by Gasteiger charge is -2.42. The Morgan fingerprint density at radius 1 is 0.842 bits per heavy atom. The third kappa shape index (κ3) is 5.48. The maximum Gasteiger partial charge on any atom is 0.229 e. The topological polar surface area (TPSA) is 64.2 Å². The molecular weight excluding hydrogens is 476 g/mol. The van der Waals surface area contributed by atoms with Crippen LogP contribution < -0.4 is 4.90 Å².